The Morgan fingerprint density at radius 2 is 1.77 bits per heavy atom. The quantitative estimate of drug-likeness (QED) is 0.886. The van der Waals surface area contributed by atoms with Crippen molar-refractivity contribution in [3.63, 3.8) is 0 Å². The SMILES string of the molecule is O=C(O)C1CCC(NC(=O)C2COc3ccccc3O2)CC1. The molecular formula is C16H19NO5. The number of ether oxygens (including phenoxy) is 2. The second-order valence-electron chi connectivity index (χ2n) is 5.76. The van der Waals surface area contributed by atoms with E-state index in [1.54, 1.807) is 12.1 Å². The van der Waals surface area contributed by atoms with Crippen LogP contribution in [-0.2, 0) is 9.59 Å². The Morgan fingerprint density at radius 1 is 1.09 bits per heavy atom. The van der Waals surface area contributed by atoms with Gasteiger partial charge in [-0.15, -0.1) is 0 Å². The van der Waals surface area contributed by atoms with Crippen molar-refractivity contribution in [3.8, 4) is 11.5 Å². The van der Waals surface area contributed by atoms with E-state index in [0.717, 1.165) is 0 Å². The lowest BCUT2D eigenvalue weighted by molar-refractivity contribution is -0.142. The van der Waals surface area contributed by atoms with Gasteiger partial charge in [0.25, 0.3) is 5.91 Å². The number of benzene rings is 1. The first-order chi connectivity index (χ1) is 10.6. The molecule has 1 saturated carbocycles. The van der Waals surface area contributed by atoms with Crippen LogP contribution >= 0.6 is 0 Å². The molecule has 1 heterocycles. The lowest BCUT2D eigenvalue weighted by Gasteiger charge is -2.30. The molecule has 0 aromatic heterocycles. The van der Waals surface area contributed by atoms with Gasteiger partial charge in [0, 0.05) is 6.04 Å². The van der Waals surface area contributed by atoms with Crippen molar-refractivity contribution in [3.05, 3.63) is 24.3 Å². The number of carbonyl (C=O) groups excluding carboxylic acids is 1. The zero-order chi connectivity index (χ0) is 15.5. The largest absolute Gasteiger partial charge is 0.485 e. The van der Waals surface area contributed by atoms with Gasteiger partial charge in [-0.25, -0.2) is 0 Å². The molecule has 118 valence electrons. The van der Waals surface area contributed by atoms with E-state index >= 15 is 0 Å². The van der Waals surface area contributed by atoms with Crippen molar-refractivity contribution in [1.29, 1.82) is 0 Å². The Balaban J connectivity index is 1.52. The second kappa shape index (κ2) is 6.25. The summed E-state index contributed by atoms with van der Waals surface area (Å²) in [6.45, 7) is 0.188. The minimum absolute atomic E-state index is 0.0175. The summed E-state index contributed by atoms with van der Waals surface area (Å²) in [6.07, 6.45) is 1.92. The van der Waals surface area contributed by atoms with Gasteiger partial charge in [0.15, 0.2) is 11.5 Å². The number of carbonyl (C=O) groups is 2. The van der Waals surface area contributed by atoms with Crippen molar-refractivity contribution in [2.45, 2.75) is 37.8 Å². The number of amides is 1. The van der Waals surface area contributed by atoms with Crippen molar-refractivity contribution in [1.82, 2.24) is 5.32 Å². The van der Waals surface area contributed by atoms with Gasteiger partial charge in [-0.2, -0.15) is 0 Å². The molecule has 0 bridgehead atoms. The van der Waals surface area contributed by atoms with Gasteiger partial charge in [-0.3, -0.25) is 9.59 Å². The van der Waals surface area contributed by atoms with Crippen molar-refractivity contribution in [2.75, 3.05) is 6.61 Å². The predicted octanol–water partition coefficient (Wildman–Crippen LogP) is 1.59. The molecule has 1 atom stereocenters. The number of carboxylic acid groups (broad SMARTS) is 1. The Labute approximate surface area is 128 Å². The number of hydrogen-bond donors (Lipinski definition) is 2. The maximum absolute atomic E-state index is 12.3. The van der Waals surface area contributed by atoms with Crippen molar-refractivity contribution >= 4 is 11.9 Å². The topological polar surface area (TPSA) is 84.9 Å². The molecule has 1 aromatic carbocycles. The lowest BCUT2D eigenvalue weighted by atomic mass is 9.86. The van der Waals surface area contributed by atoms with Crippen LogP contribution in [0, 0.1) is 5.92 Å². The fourth-order valence-corrected chi connectivity index (χ4v) is 2.93. The van der Waals surface area contributed by atoms with Crippen LogP contribution in [0.1, 0.15) is 25.7 Å². The first-order valence-electron chi connectivity index (χ1n) is 7.55. The van der Waals surface area contributed by atoms with Crippen LogP contribution in [0.5, 0.6) is 11.5 Å². The third-order valence-corrected chi connectivity index (χ3v) is 4.22. The van der Waals surface area contributed by atoms with E-state index in [1.807, 2.05) is 12.1 Å². The molecule has 1 aliphatic carbocycles. The standard InChI is InChI=1S/C16H19NO5/c18-15(17-11-7-5-10(6-8-11)16(19)20)14-9-21-12-3-1-2-4-13(12)22-14/h1-4,10-11,14H,5-9H2,(H,17,18)(H,19,20). The van der Waals surface area contributed by atoms with Crippen LogP contribution in [-0.4, -0.2) is 35.7 Å². The summed E-state index contributed by atoms with van der Waals surface area (Å²) >= 11 is 0. The molecule has 1 amide bonds. The maximum atomic E-state index is 12.3. The van der Waals surface area contributed by atoms with E-state index in [2.05, 4.69) is 5.32 Å². The summed E-state index contributed by atoms with van der Waals surface area (Å²) in [7, 11) is 0. The third-order valence-electron chi connectivity index (χ3n) is 4.22. The van der Waals surface area contributed by atoms with Gasteiger partial charge >= 0.3 is 5.97 Å². The third kappa shape index (κ3) is 3.16. The van der Waals surface area contributed by atoms with Crippen LogP contribution in [0.15, 0.2) is 24.3 Å². The Kier molecular flexibility index (Phi) is 4.18. The van der Waals surface area contributed by atoms with Crippen molar-refractivity contribution in [2.24, 2.45) is 5.92 Å². The molecule has 2 N–H and O–H groups in total. The molecule has 1 unspecified atom stereocenters. The molecule has 1 fully saturated rings. The number of nitrogens with one attached hydrogen (secondary N) is 1. The molecular weight excluding hydrogens is 286 g/mol. The summed E-state index contributed by atoms with van der Waals surface area (Å²) in [5.41, 5.74) is 0. The smallest absolute Gasteiger partial charge is 0.306 e. The van der Waals surface area contributed by atoms with Crippen LogP contribution in [0.25, 0.3) is 0 Å². The second-order valence-corrected chi connectivity index (χ2v) is 5.76. The molecule has 6 heteroatoms. The van der Waals surface area contributed by atoms with Gasteiger partial charge in [-0.05, 0) is 37.8 Å². The fraction of sp³-hybridized carbons (Fsp3) is 0.500. The highest BCUT2D eigenvalue weighted by molar-refractivity contribution is 5.82. The summed E-state index contributed by atoms with van der Waals surface area (Å²) < 4.78 is 11.2. The number of fused-ring (bicyclic) bond motifs is 1. The molecule has 22 heavy (non-hydrogen) atoms. The lowest BCUT2D eigenvalue weighted by Crippen LogP contribution is -2.48. The van der Waals surface area contributed by atoms with Gasteiger partial charge in [0.1, 0.15) is 6.61 Å². The zero-order valence-electron chi connectivity index (χ0n) is 12.2. The predicted molar refractivity (Wildman–Crippen MR) is 77.9 cm³/mol. The Bertz CT molecular complexity index is 565. The monoisotopic (exact) mass is 305 g/mol. The number of hydrogen-bond acceptors (Lipinski definition) is 4. The summed E-state index contributed by atoms with van der Waals surface area (Å²) in [4.78, 5) is 23.2. The summed E-state index contributed by atoms with van der Waals surface area (Å²) in [5, 5.41) is 11.9. The van der Waals surface area contributed by atoms with E-state index in [9.17, 15) is 9.59 Å². The average molecular weight is 305 g/mol. The van der Waals surface area contributed by atoms with Crippen LogP contribution in [0.4, 0.5) is 0 Å². The highest BCUT2D eigenvalue weighted by atomic mass is 16.6. The highest BCUT2D eigenvalue weighted by Gasteiger charge is 2.31. The van der Waals surface area contributed by atoms with Crippen LogP contribution < -0.4 is 14.8 Å². The molecule has 1 aliphatic heterocycles. The minimum Gasteiger partial charge on any atom is -0.485 e. The summed E-state index contributed by atoms with van der Waals surface area (Å²) in [5.74, 6) is -0.00929. The Morgan fingerprint density at radius 3 is 2.45 bits per heavy atom. The number of aliphatic carboxylic acids is 1. The van der Waals surface area contributed by atoms with Gasteiger partial charge in [0.2, 0.25) is 6.10 Å². The number of rotatable bonds is 3. The van der Waals surface area contributed by atoms with E-state index < -0.39 is 12.1 Å². The molecule has 3 rings (SSSR count). The van der Waals surface area contributed by atoms with Crippen LogP contribution in [0.3, 0.4) is 0 Å². The minimum atomic E-state index is -0.745. The maximum Gasteiger partial charge on any atom is 0.306 e. The number of para-hydroxylation sites is 2. The zero-order valence-corrected chi connectivity index (χ0v) is 12.2. The number of carboxylic acids is 1. The summed E-state index contributed by atoms with van der Waals surface area (Å²) in [6, 6.07) is 7.27. The first-order valence-corrected chi connectivity index (χ1v) is 7.55. The van der Waals surface area contributed by atoms with E-state index in [0.29, 0.717) is 37.2 Å². The van der Waals surface area contributed by atoms with E-state index in [1.165, 1.54) is 0 Å². The van der Waals surface area contributed by atoms with E-state index in [4.69, 9.17) is 14.6 Å². The van der Waals surface area contributed by atoms with E-state index in [-0.39, 0.29) is 24.5 Å². The molecule has 2 aliphatic rings. The van der Waals surface area contributed by atoms with Gasteiger partial charge in [0.05, 0.1) is 5.92 Å². The Hall–Kier alpha value is -2.24. The van der Waals surface area contributed by atoms with Gasteiger partial charge < -0.3 is 19.9 Å². The fourth-order valence-electron chi connectivity index (χ4n) is 2.93. The molecule has 0 spiro atoms. The van der Waals surface area contributed by atoms with Gasteiger partial charge in [-0.1, -0.05) is 12.1 Å². The molecule has 0 saturated heterocycles. The molecule has 1 aromatic rings. The molecule has 0 radical (unpaired) electrons. The molecule has 6 nitrogen and oxygen atoms in total. The average Bonchev–Trinajstić information content (AvgIpc) is 2.55. The van der Waals surface area contributed by atoms with Crippen molar-refractivity contribution < 1.29 is 24.2 Å². The first kappa shape index (κ1) is 14.7. The highest BCUT2D eigenvalue weighted by Crippen LogP contribution is 2.31. The van der Waals surface area contributed by atoms with Crippen LogP contribution in [0.2, 0.25) is 0 Å². The normalized spacial score (nSPS) is 27.0.